The summed E-state index contributed by atoms with van der Waals surface area (Å²) in [7, 11) is 2.21. The van der Waals surface area contributed by atoms with E-state index in [0.717, 1.165) is 0 Å². The minimum atomic E-state index is 1.20. The fourth-order valence-electron chi connectivity index (χ4n) is 4.09. The van der Waals surface area contributed by atoms with Crippen LogP contribution in [-0.2, 0) is 20.0 Å². The van der Waals surface area contributed by atoms with Crippen LogP contribution in [0.25, 0.3) is 0 Å². The van der Waals surface area contributed by atoms with Gasteiger partial charge in [-0.25, -0.2) is 9.13 Å². The zero-order valence-corrected chi connectivity index (χ0v) is 19.0. The van der Waals surface area contributed by atoms with E-state index in [1.165, 1.54) is 128 Å². The van der Waals surface area contributed by atoms with E-state index in [2.05, 4.69) is 42.4 Å². The van der Waals surface area contributed by atoms with Crippen LogP contribution in [0.2, 0.25) is 0 Å². The Morgan fingerprint density at radius 2 is 1.07 bits per heavy atom. The molecule has 0 amide bonds. The molecule has 0 aliphatic carbocycles. The fraction of sp³-hybridized carbons (Fsp3) is 0.880. The molecule has 0 saturated carbocycles. The highest BCUT2D eigenvalue weighted by atomic mass is 15.1. The molecule has 2 nitrogen and oxygen atoms in total. The van der Waals surface area contributed by atoms with Gasteiger partial charge in [0.1, 0.15) is 12.4 Å². The summed E-state index contributed by atoms with van der Waals surface area (Å²) < 4.78 is 4.83. The van der Waals surface area contributed by atoms with Crippen molar-refractivity contribution >= 4 is 0 Å². The lowest BCUT2D eigenvalue weighted by Gasteiger charge is -2.04. The summed E-state index contributed by atoms with van der Waals surface area (Å²) in [5, 5.41) is 0. The third kappa shape index (κ3) is 12.3. The summed E-state index contributed by atoms with van der Waals surface area (Å²) in [6, 6.07) is 0. The third-order valence-electron chi connectivity index (χ3n) is 5.97. The van der Waals surface area contributed by atoms with Gasteiger partial charge in [-0.2, -0.15) is 0 Å². The largest absolute Gasteiger partial charge is 0.256 e. The van der Waals surface area contributed by atoms with Crippen molar-refractivity contribution in [1.29, 1.82) is 0 Å². The molecule has 0 spiro atoms. The van der Waals surface area contributed by atoms with Crippen LogP contribution >= 0.6 is 0 Å². The lowest BCUT2D eigenvalue weighted by Crippen LogP contribution is -2.32. The van der Waals surface area contributed by atoms with Crippen molar-refractivity contribution in [2.75, 3.05) is 0 Å². The van der Waals surface area contributed by atoms with Crippen molar-refractivity contribution in [2.45, 2.75) is 136 Å². The topological polar surface area (TPSA) is 8.81 Å². The average molecular weight is 378 g/mol. The Kier molecular flexibility index (Phi) is 15.6. The highest BCUT2D eigenvalue weighted by molar-refractivity contribution is 4.84. The van der Waals surface area contributed by atoms with E-state index in [1.807, 2.05) is 0 Å². The minimum Gasteiger partial charge on any atom is -0.237 e. The Morgan fingerprint density at radius 1 is 0.630 bits per heavy atom. The summed E-state index contributed by atoms with van der Waals surface area (Å²) in [6.07, 6.45) is 29.8. The van der Waals surface area contributed by atoms with Gasteiger partial charge in [-0.3, -0.25) is 0 Å². The molecule has 1 rings (SSSR count). The van der Waals surface area contributed by atoms with Crippen LogP contribution in [0, 0.1) is 0 Å². The van der Waals surface area contributed by atoms with E-state index < -0.39 is 0 Å². The fourth-order valence-corrected chi connectivity index (χ4v) is 4.09. The van der Waals surface area contributed by atoms with E-state index >= 15 is 0 Å². The molecule has 0 atom stereocenters. The number of nitrogens with zero attached hydrogens (tertiary/aromatic N) is 2. The average Bonchev–Trinajstić information content (AvgIpc) is 3.02. The van der Waals surface area contributed by atoms with E-state index in [4.69, 9.17) is 0 Å². The van der Waals surface area contributed by atoms with Gasteiger partial charge in [0.05, 0.1) is 13.6 Å². The molecule has 1 aromatic rings. The van der Waals surface area contributed by atoms with Crippen LogP contribution in [-0.4, -0.2) is 4.57 Å². The molecule has 0 aromatic carbocycles. The van der Waals surface area contributed by atoms with Crippen LogP contribution in [0.4, 0.5) is 0 Å². The van der Waals surface area contributed by atoms with Crippen LogP contribution in [0.1, 0.15) is 129 Å². The molecule has 0 bridgehead atoms. The van der Waals surface area contributed by atoms with E-state index in [-0.39, 0.29) is 0 Å². The van der Waals surface area contributed by atoms with Gasteiger partial charge in [-0.1, -0.05) is 104 Å². The van der Waals surface area contributed by atoms with Gasteiger partial charge < -0.3 is 0 Å². The van der Waals surface area contributed by atoms with Gasteiger partial charge in [0, 0.05) is 6.42 Å². The Labute approximate surface area is 170 Å². The highest BCUT2D eigenvalue weighted by Crippen LogP contribution is 2.13. The molecule has 2 heteroatoms. The maximum absolute atomic E-state index is 2.50. The first-order valence-corrected chi connectivity index (χ1v) is 12.3. The van der Waals surface area contributed by atoms with Gasteiger partial charge in [0.25, 0.3) is 5.82 Å². The standard InChI is InChI=1S/C25H49N2/c1-4-6-8-10-11-12-13-14-15-16-17-18-19-21-25-26(3)23-24-27(25)22-20-9-7-5-2/h23-24H,4-22H2,1-3H3/q+1. The van der Waals surface area contributed by atoms with Crippen molar-refractivity contribution in [3.8, 4) is 0 Å². The summed E-state index contributed by atoms with van der Waals surface area (Å²) in [5.41, 5.74) is 0. The van der Waals surface area contributed by atoms with E-state index in [0.29, 0.717) is 0 Å². The summed E-state index contributed by atoms with van der Waals surface area (Å²) in [5.74, 6) is 1.52. The predicted molar refractivity (Wildman–Crippen MR) is 119 cm³/mol. The second-order valence-electron chi connectivity index (χ2n) is 8.57. The van der Waals surface area contributed by atoms with Crippen molar-refractivity contribution < 1.29 is 4.57 Å². The Morgan fingerprint density at radius 3 is 1.59 bits per heavy atom. The molecule has 27 heavy (non-hydrogen) atoms. The van der Waals surface area contributed by atoms with E-state index in [1.54, 1.807) is 0 Å². The quantitative estimate of drug-likeness (QED) is 0.174. The molecule has 0 aliphatic rings. The van der Waals surface area contributed by atoms with E-state index in [9.17, 15) is 0 Å². The van der Waals surface area contributed by atoms with Crippen molar-refractivity contribution in [3.05, 3.63) is 18.2 Å². The van der Waals surface area contributed by atoms with Gasteiger partial charge in [0.2, 0.25) is 0 Å². The van der Waals surface area contributed by atoms with Crippen LogP contribution in [0.5, 0.6) is 0 Å². The van der Waals surface area contributed by atoms with Gasteiger partial charge >= 0.3 is 0 Å². The SMILES string of the molecule is CCCCCCCCCCCCCCCc1n(CCCCCC)cc[n+]1C. The molecule has 0 fully saturated rings. The summed E-state index contributed by atoms with van der Waals surface area (Å²) >= 11 is 0. The molecule has 0 unspecified atom stereocenters. The maximum Gasteiger partial charge on any atom is 0.256 e. The van der Waals surface area contributed by atoms with Gasteiger partial charge in [0.15, 0.2) is 0 Å². The molecular weight excluding hydrogens is 328 g/mol. The zero-order valence-electron chi connectivity index (χ0n) is 19.0. The van der Waals surface area contributed by atoms with Gasteiger partial charge in [-0.05, 0) is 19.3 Å². The molecular formula is C25H49N2+. The number of imidazole rings is 1. The lowest BCUT2D eigenvalue weighted by atomic mass is 10.0. The van der Waals surface area contributed by atoms with Crippen molar-refractivity contribution in [1.82, 2.24) is 4.57 Å². The van der Waals surface area contributed by atoms with Crippen molar-refractivity contribution in [3.63, 3.8) is 0 Å². The number of hydrogen-bond donors (Lipinski definition) is 0. The van der Waals surface area contributed by atoms with Crippen LogP contribution < -0.4 is 4.57 Å². The monoisotopic (exact) mass is 377 g/mol. The first kappa shape index (κ1) is 24.2. The van der Waals surface area contributed by atoms with Crippen LogP contribution in [0.15, 0.2) is 12.4 Å². The molecule has 0 N–H and O–H groups in total. The molecule has 1 aromatic heterocycles. The molecule has 158 valence electrons. The molecule has 0 saturated heterocycles. The molecule has 1 heterocycles. The number of unbranched alkanes of at least 4 members (excludes halogenated alkanes) is 15. The molecule has 0 aliphatic heterocycles. The number of hydrogen-bond acceptors (Lipinski definition) is 0. The predicted octanol–water partition coefficient (Wildman–Crippen LogP) is 7.53. The summed E-state index contributed by atoms with van der Waals surface area (Å²) in [6.45, 7) is 5.79. The number of rotatable bonds is 19. The first-order valence-electron chi connectivity index (χ1n) is 12.3. The first-order chi connectivity index (χ1) is 13.3. The second kappa shape index (κ2) is 17.3. The third-order valence-corrected chi connectivity index (χ3v) is 5.97. The highest BCUT2D eigenvalue weighted by Gasteiger charge is 2.13. The smallest absolute Gasteiger partial charge is 0.237 e. The Hall–Kier alpha value is -0.790. The second-order valence-corrected chi connectivity index (χ2v) is 8.57. The Bertz CT molecular complexity index is 436. The molecule has 0 radical (unpaired) electrons. The number of aryl methyl sites for hydroxylation is 2. The minimum absolute atomic E-state index is 1.20. The van der Waals surface area contributed by atoms with Gasteiger partial charge in [-0.15, -0.1) is 0 Å². The maximum atomic E-state index is 2.50. The Balaban J connectivity index is 1.98. The van der Waals surface area contributed by atoms with Crippen molar-refractivity contribution in [2.24, 2.45) is 7.05 Å². The summed E-state index contributed by atoms with van der Waals surface area (Å²) in [4.78, 5) is 0. The van der Waals surface area contributed by atoms with Crippen LogP contribution in [0.3, 0.4) is 0 Å². The zero-order chi connectivity index (χ0) is 19.6. The normalized spacial score (nSPS) is 11.4. The lowest BCUT2D eigenvalue weighted by molar-refractivity contribution is -0.678. The number of aromatic nitrogens is 2.